The highest BCUT2D eigenvalue weighted by atomic mass is 16.5. The third-order valence-electron chi connectivity index (χ3n) is 4.16. The van der Waals surface area contributed by atoms with Crippen molar-refractivity contribution in [3.8, 4) is 11.5 Å². The van der Waals surface area contributed by atoms with Crippen molar-refractivity contribution < 1.29 is 9.47 Å². The summed E-state index contributed by atoms with van der Waals surface area (Å²) in [5.41, 5.74) is 2.15. The van der Waals surface area contributed by atoms with Gasteiger partial charge in [-0.1, -0.05) is 36.4 Å². The molecule has 0 saturated carbocycles. The number of guanidine groups is 1. The van der Waals surface area contributed by atoms with Gasteiger partial charge in [-0.05, 0) is 33.2 Å². The third kappa shape index (κ3) is 7.12. The molecule has 0 saturated heterocycles. The molecule has 2 N–H and O–H groups in total. The van der Waals surface area contributed by atoms with E-state index in [4.69, 9.17) is 9.47 Å². The minimum absolute atomic E-state index is 0.542. The van der Waals surface area contributed by atoms with Crippen LogP contribution in [-0.4, -0.2) is 51.8 Å². The maximum atomic E-state index is 5.94. The Hall–Kier alpha value is -2.73. The van der Waals surface area contributed by atoms with E-state index in [9.17, 15) is 0 Å². The van der Waals surface area contributed by atoms with E-state index in [0.717, 1.165) is 41.7 Å². The number of ether oxygens (including phenoxy) is 2. The fourth-order valence-corrected chi connectivity index (χ4v) is 2.65. The zero-order valence-electron chi connectivity index (χ0n) is 17.4. The standard InChI is InChI=1S/C22H32N4O2/c1-5-23-22(24-16-18-10-6-8-12-20(18)27-4)25-17-19-11-7-9-13-21(19)28-15-14-26(2)3/h6-13H,5,14-17H2,1-4H3,(H2,23,24,25). The first kappa shape index (κ1) is 21.6. The molecule has 6 heteroatoms. The lowest BCUT2D eigenvalue weighted by Gasteiger charge is -2.16. The SMILES string of the molecule is CCNC(=NCc1ccccc1OC)NCc1ccccc1OCCN(C)C. The summed E-state index contributed by atoms with van der Waals surface area (Å²) in [6, 6.07) is 16.0. The molecule has 6 nitrogen and oxygen atoms in total. The predicted molar refractivity (Wildman–Crippen MR) is 115 cm³/mol. The van der Waals surface area contributed by atoms with Crippen molar-refractivity contribution in [2.24, 2.45) is 4.99 Å². The van der Waals surface area contributed by atoms with Crippen LogP contribution in [0, 0.1) is 0 Å². The van der Waals surface area contributed by atoms with E-state index in [2.05, 4.69) is 33.5 Å². The zero-order valence-corrected chi connectivity index (χ0v) is 17.4. The van der Waals surface area contributed by atoms with Gasteiger partial charge in [0.15, 0.2) is 5.96 Å². The van der Waals surface area contributed by atoms with Gasteiger partial charge in [0.05, 0.1) is 13.7 Å². The summed E-state index contributed by atoms with van der Waals surface area (Å²) >= 11 is 0. The number of nitrogens with one attached hydrogen (secondary N) is 2. The van der Waals surface area contributed by atoms with Crippen LogP contribution < -0.4 is 20.1 Å². The first-order valence-corrected chi connectivity index (χ1v) is 9.63. The van der Waals surface area contributed by atoms with Crippen LogP contribution in [0.4, 0.5) is 0 Å². The molecule has 152 valence electrons. The van der Waals surface area contributed by atoms with E-state index in [-0.39, 0.29) is 0 Å². The highest BCUT2D eigenvalue weighted by Crippen LogP contribution is 2.19. The maximum Gasteiger partial charge on any atom is 0.191 e. The number of hydrogen-bond acceptors (Lipinski definition) is 4. The molecule has 0 unspecified atom stereocenters. The Morgan fingerprint density at radius 2 is 1.64 bits per heavy atom. The van der Waals surface area contributed by atoms with Crippen molar-refractivity contribution in [2.45, 2.75) is 20.0 Å². The van der Waals surface area contributed by atoms with E-state index in [1.54, 1.807) is 7.11 Å². The smallest absolute Gasteiger partial charge is 0.191 e. The van der Waals surface area contributed by atoms with Gasteiger partial charge in [-0.2, -0.15) is 0 Å². The average Bonchev–Trinajstić information content (AvgIpc) is 2.71. The quantitative estimate of drug-likeness (QED) is 0.487. The largest absolute Gasteiger partial charge is 0.496 e. The molecule has 0 aromatic heterocycles. The normalized spacial score (nSPS) is 11.4. The van der Waals surface area contributed by atoms with E-state index in [1.165, 1.54) is 0 Å². The second kappa shape index (κ2) is 11.9. The van der Waals surface area contributed by atoms with Crippen LogP contribution in [0.5, 0.6) is 11.5 Å². The number of likely N-dealkylation sites (N-methyl/N-ethyl adjacent to an activating group) is 1. The first-order chi connectivity index (χ1) is 13.6. The van der Waals surface area contributed by atoms with Gasteiger partial charge in [0.2, 0.25) is 0 Å². The van der Waals surface area contributed by atoms with Crippen molar-refractivity contribution in [3.05, 3.63) is 59.7 Å². The molecule has 28 heavy (non-hydrogen) atoms. The molecule has 0 spiro atoms. The number of para-hydroxylation sites is 2. The highest BCUT2D eigenvalue weighted by Gasteiger charge is 2.06. The van der Waals surface area contributed by atoms with Crippen LogP contribution in [0.25, 0.3) is 0 Å². The lowest BCUT2D eigenvalue weighted by atomic mass is 10.2. The van der Waals surface area contributed by atoms with Gasteiger partial charge in [0, 0.05) is 30.8 Å². The van der Waals surface area contributed by atoms with Gasteiger partial charge in [-0.15, -0.1) is 0 Å². The topological polar surface area (TPSA) is 58.1 Å². The highest BCUT2D eigenvalue weighted by molar-refractivity contribution is 5.79. The van der Waals surface area contributed by atoms with Crippen molar-refractivity contribution >= 4 is 5.96 Å². The number of nitrogens with zero attached hydrogens (tertiary/aromatic N) is 2. The molecular formula is C22H32N4O2. The lowest BCUT2D eigenvalue weighted by Crippen LogP contribution is -2.36. The number of rotatable bonds is 10. The van der Waals surface area contributed by atoms with E-state index >= 15 is 0 Å². The molecule has 0 amide bonds. The van der Waals surface area contributed by atoms with Gasteiger partial charge in [0.25, 0.3) is 0 Å². The summed E-state index contributed by atoms with van der Waals surface area (Å²) < 4.78 is 11.3. The molecule has 0 aliphatic rings. The average molecular weight is 385 g/mol. The summed E-state index contributed by atoms with van der Waals surface area (Å²) in [6.45, 7) is 5.56. The number of methoxy groups -OCH3 is 1. The van der Waals surface area contributed by atoms with Gasteiger partial charge in [-0.25, -0.2) is 4.99 Å². The van der Waals surface area contributed by atoms with Crippen LogP contribution in [0.3, 0.4) is 0 Å². The second-order valence-electron chi connectivity index (χ2n) is 6.62. The van der Waals surface area contributed by atoms with Crippen molar-refractivity contribution in [2.75, 3.05) is 40.9 Å². The Morgan fingerprint density at radius 1 is 0.964 bits per heavy atom. The molecule has 0 aliphatic carbocycles. The molecule has 0 aliphatic heterocycles. The number of aliphatic imine (C=N–C) groups is 1. The van der Waals surface area contributed by atoms with Crippen LogP contribution >= 0.6 is 0 Å². The van der Waals surface area contributed by atoms with E-state index in [0.29, 0.717) is 19.7 Å². The number of benzene rings is 2. The molecule has 0 fully saturated rings. The Kier molecular flexibility index (Phi) is 9.15. The molecule has 2 aromatic carbocycles. The van der Waals surface area contributed by atoms with Gasteiger partial charge in [0.1, 0.15) is 18.1 Å². The summed E-state index contributed by atoms with van der Waals surface area (Å²) in [5.74, 6) is 2.51. The van der Waals surface area contributed by atoms with Crippen molar-refractivity contribution in [1.29, 1.82) is 0 Å². The molecule has 2 rings (SSSR count). The second-order valence-corrected chi connectivity index (χ2v) is 6.62. The predicted octanol–water partition coefficient (Wildman–Crippen LogP) is 2.89. The molecule has 2 aromatic rings. The summed E-state index contributed by atoms with van der Waals surface area (Å²) in [7, 11) is 5.76. The van der Waals surface area contributed by atoms with Crippen LogP contribution in [0.2, 0.25) is 0 Å². The van der Waals surface area contributed by atoms with Crippen molar-refractivity contribution in [3.63, 3.8) is 0 Å². The molecule has 0 atom stereocenters. The van der Waals surface area contributed by atoms with Crippen molar-refractivity contribution in [1.82, 2.24) is 15.5 Å². The Morgan fingerprint density at radius 3 is 2.32 bits per heavy atom. The van der Waals surface area contributed by atoms with E-state index < -0.39 is 0 Å². The monoisotopic (exact) mass is 384 g/mol. The first-order valence-electron chi connectivity index (χ1n) is 9.63. The minimum atomic E-state index is 0.542. The molecule has 0 radical (unpaired) electrons. The third-order valence-corrected chi connectivity index (χ3v) is 4.16. The van der Waals surface area contributed by atoms with Crippen LogP contribution in [0.1, 0.15) is 18.1 Å². The maximum absolute atomic E-state index is 5.94. The van der Waals surface area contributed by atoms with Gasteiger partial charge < -0.3 is 25.0 Å². The Bertz CT molecular complexity index is 747. The summed E-state index contributed by atoms with van der Waals surface area (Å²) in [4.78, 5) is 6.80. The fourth-order valence-electron chi connectivity index (χ4n) is 2.65. The molecule has 0 bridgehead atoms. The fraction of sp³-hybridized carbons (Fsp3) is 0.409. The Labute approximate surface area is 168 Å². The van der Waals surface area contributed by atoms with Crippen LogP contribution in [0.15, 0.2) is 53.5 Å². The minimum Gasteiger partial charge on any atom is -0.496 e. The zero-order chi connectivity index (χ0) is 20.2. The lowest BCUT2D eigenvalue weighted by molar-refractivity contribution is 0.259. The van der Waals surface area contributed by atoms with Gasteiger partial charge in [-0.3, -0.25) is 0 Å². The van der Waals surface area contributed by atoms with Gasteiger partial charge >= 0.3 is 0 Å². The summed E-state index contributed by atoms with van der Waals surface area (Å²) in [6.07, 6.45) is 0. The summed E-state index contributed by atoms with van der Waals surface area (Å²) in [5, 5.41) is 6.68. The van der Waals surface area contributed by atoms with Crippen LogP contribution in [-0.2, 0) is 13.1 Å². The number of hydrogen-bond donors (Lipinski definition) is 2. The van der Waals surface area contributed by atoms with E-state index in [1.807, 2.05) is 56.6 Å². The Balaban J connectivity index is 2.01. The molecular weight excluding hydrogens is 352 g/mol. The molecule has 0 heterocycles.